The third-order valence-corrected chi connectivity index (χ3v) is 3.06. The van der Waals surface area contributed by atoms with Gasteiger partial charge in [0.1, 0.15) is 0 Å². The van der Waals surface area contributed by atoms with Gasteiger partial charge in [-0.3, -0.25) is 0 Å². The quantitative estimate of drug-likeness (QED) is 0.671. The van der Waals surface area contributed by atoms with Crippen LogP contribution in [0.15, 0.2) is 0 Å². The Bertz CT molecular complexity index is 140. The minimum Gasteiger partial charge on any atom is -0.385 e. The van der Waals surface area contributed by atoms with Gasteiger partial charge in [0, 0.05) is 19.8 Å². The van der Waals surface area contributed by atoms with Crippen molar-refractivity contribution in [1.82, 2.24) is 0 Å². The number of nitrogens with two attached hydrogens (primary N) is 1. The number of ether oxygens (including phenoxy) is 1. The lowest BCUT2D eigenvalue weighted by Gasteiger charge is -2.29. The molecule has 0 aromatic rings. The zero-order valence-electron chi connectivity index (χ0n) is 10.5. The highest BCUT2D eigenvalue weighted by Gasteiger charge is 2.21. The van der Waals surface area contributed by atoms with E-state index in [2.05, 4.69) is 27.7 Å². The lowest BCUT2D eigenvalue weighted by molar-refractivity contribution is 0.183. The predicted molar refractivity (Wildman–Crippen MR) is 62.3 cm³/mol. The molecule has 2 nitrogen and oxygen atoms in total. The molecule has 0 saturated carbocycles. The second-order valence-corrected chi connectivity index (χ2v) is 5.40. The summed E-state index contributed by atoms with van der Waals surface area (Å²) in [5.74, 6) is 0.681. The normalized spacial score (nSPS) is 16.7. The number of hydrogen-bond acceptors (Lipinski definition) is 2. The maximum Gasteiger partial charge on any atom is 0.0462 e. The molecule has 0 aliphatic heterocycles. The van der Waals surface area contributed by atoms with Crippen LogP contribution in [0, 0.1) is 11.3 Å². The predicted octanol–water partition coefficient (Wildman–Crippen LogP) is 2.81. The molecule has 0 aromatic carbocycles. The van der Waals surface area contributed by atoms with Gasteiger partial charge in [-0.1, -0.05) is 27.7 Å². The van der Waals surface area contributed by atoms with E-state index in [-0.39, 0.29) is 0 Å². The van der Waals surface area contributed by atoms with Gasteiger partial charge in [-0.05, 0) is 30.6 Å². The van der Waals surface area contributed by atoms with Crippen molar-refractivity contribution in [3.63, 3.8) is 0 Å². The summed E-state index contributed by atoms with van der Waals surface area (Å²) in [6.45, 7) is 9.95. The van der Waals surface area contributed by atoms with Crippen LogP contribution in [0.2, 0.25) is 0 Å². The number of hydrogen-bond donors (Lipinski definition) is 1. The van der Waals surface area contributed by atoms with Crippen LogP contribution < -0.4 is 5.73 Å². The van der Waals surface area contributed by atoms with E-state index in [1.54, 1.807) is 7.11 Å². The molecule has 0 fully saturated rings. The Morgan fingerprint density at radius 1 is 1.29 bits per heavy atom. The minimum absolute atomic E-state index is 0.333. The average molecular weight is 201 g/mol. The van der Waals surface area contributed by atoms with Crippen molar-refractivity contribution in [2.75, 3.05) is 13.7 Å². The van der Waals surface area contributed by atoms with Crippen LogP contribution in [-0.4, -0.2) is 19.8 Å². The van der Waals surface area contributed by atoms with Crippen LogP contribution in [0.4, 0.5) is 0 Å². The summed E-state index contributed by atoms with van der Waals surface area (Å²) < 4.78 is 5.01. The summed E-state index contributed by atoms with van der Waals surface area (Å²) in [7, 11) is 1.74. The summed E-state index contributed by atoms with van der Waals surface area (Å²) in [6.07, 6.45) is 3.27. The summed E-state index contributed by atoms with van der Waals surface area (Å²) in [4.78, 5) is 0. The first kappa shape index (κ1) is 13.9. The highest BCUT2D eigenvalue weighted by molar-refractivity contribution is 4.74. The molecule has 0 bridgehead atoms. The monoisotopic (exact) mass is 201 g/mol. The molecular formula is C12H27NO. The Labute approximate surface area is 89.2 Å². The Kier molecular flexibility index (Phi) is 6.38. The van der Waals surface area contributed by atoms with Gasteiger partial charge in [0.05, 0.1) is 0 Å². The molecule has 2 atom stereocenters. The third-order valence-electron chi connectivity index (χ3n) is 3.06. The molecule has 0 spiro atoms. The van der Waals surface area contributed by atoms with Crippen LogP contribution in [0.25, 0.3) is 0 Å². The zero-order chi connectivity index (χ0) is 11.2. The maximum atomic E-state index is 6.06. The van der Waals surface area contributed by atoms with E-state index in [1.165, 1.54) is 0 Å². The van der Waals surface area contributed by atoms with Crippen LogP contribution in [0.3, 0.4) is 0 Å². The molecular weight excluding hydrogens is 174 g/mol. The lowest BCUT2D eigenvalue weighted by Crippen LogP contribution is -2.28. The van der Waals surface area contributed by atoms with Gasteiger partial charge in [-0.15, -0.1) is 0 Å². The molecule has 86 valence electrons. The number of methoxy groups -OCH3 is 1. The van der Waals surface area contributed by atoms with Crippen molar-refractivity contribution in [1.29, 1.82) is 0 Å². The molecule has 0 rings (SSSR count). The van der Waals surface area contributed by atoms with Crippen LogP contribution in [0.1, 0.15) is 47.0 Å². The average Bonchev–Trinajstić information content (AvgIpc) is 2.03. The van der Waals surface area contributed by atoms with Gasteiger partial charge < -0.3 is 10.5 Å². The lowest BCUT2D eigenvalue weighted by atomic mass is 9.78. The zero-order valence-corrected chi connectivity index (χ0v) is 10.5. The molecule has 0 aliphatic carbocycles. The molecule has 0 saturated heterocycles. The molecule has 0 heterocycles. The van der Waals surface area contributed by atoms with E-state index in [0.29, 0.717) is 17.4 Å². The first-order valence-corrected chi connectivity index (χ1v) is 5.62. The van der Waals surface area contributed by atoms with E-state index < -0.39 is 0 Å². The van der Waals surface area contributed by atoms with Gasteiger partial charge in [0.25, 0.3) is 0 Å². The maximum absolute atomic E-state index is 6.06. The first-order chi connectivity index (χ1) is 6.38. The third kappa shape index (κ3) is 6.39. The fourth-order valence-electron chi connectivity index (χ4n) is 1.42. The van der Waals surface area contributed by atoms with Gasteiger partial charge in [0.2, 0.25) is 0 Å². The molecule has 0 aliphatic rings. The summed E-state index contributed by atoms with van der Waals surface area (Å²) in [5, 5.41) is 0. The summed E-state index contributed by atoms with van der Waals surface area (Å²) in [5.41, 5.74) is 6.43. The summed E-state index contributed by atoms with van der Waals surface area (Å²) in [6, 6.07) is 0.333. The van der Waals surface area contributed by atoms with Crippen LogP contribution in [0.5, 0.6) is 0 Å². The van der Waals surface area contributed by atoms with Gasteiger partial charge in [0.15, 0.2) is 0 Å². The fraction of sp³-hybridized carbons (Fsp3) is 1.00. The van der Waals surface area contributed by atoms with Crippen molar-refractivity contribution in [3.05, 3.63) is 0 Å². The molecule has 14 heavy (non-hydrogen) atoms. The van der Waals surface area contributed by atoms with Crippen molar-refractivity contribution < 1.29 is 4.74 Å². The van der Waals surface area contributed by atoms with Crippen LogP contribution >= 0.6 is 0 Å². The Hall–Kier alpha value is -0.0800. The topological polar surface area (TPSA) is 35.2 Å². The Balaban J connectivity index is 3.66. The Morgan fingerprint density at radius 2 is 1.86 bits per heavy atom. The SMILES string of the molecule is COCCCC(N)CC(C)C(C)(C)C. The first-order valence-electron chi connectivity index (χ1n) is 5.62. The van der Waals surface area contributed by atoms with Crippen molar-refractivity contribution >= 4 is 0 Å². The second kappa shape index (κ2) is 6.41. The smallest absolute Gasteiger partial charge is 0.0462 e. The van der Waals surface area contributed by atoms with E-state index in [1.807, 2.05) is 0 Å². The molecule has 0 radical (unpaired) electrons. The van der Waals surface area contributed by atoms with Crippen molar-refractivity contribution in [2.45, 2.75) is 53.0 Å². The van der Waals surface area contributed by atoms with E-state index in [9.17, 15) is 0 Å². The molecule has 2 N–H and O–H groups in total. The molecule has 2 heteroatoms. The van der Waals surface area contributed by atoms with E-state index >= 15 is 0 Å². The van der Waals surface area contributed by atoms with Gasteiger partial charge in [-0.25, -0.2) is 0 Å². The molecule has 0 aromatic heterocycles. The van der Waals surface area contributed by atoms with E-state index in [4.69, 9.17) is 10.5 Å². The summed E-state index contributed by atoms with van der Waals surface area (Å²) >= 11 is 0. The van der Waals surface area contributed by atoms with Gasteiger partial charge in [-0.2, -0.15) is 0 Å². The number of rotatable bonds is 6. The second-order valence-electron chi connectivity index (χ2n) is 5.40. The van der Waals surface area contributed by atoms with Crippen molar-refractivity contribution in [3.8, 4) is 0 Å². The molecule has 2 unspecified atom stereocenters. The van der Waals surface area contributed by atoms with Crippen LogP contribution in [-0.2, 0) is 4.74 Å². The highest BCUT2D eigenvalue weighted by atomic mass is 16.5. The van der Waals surface area contributed by atoms with Crippen molar-refractivity contribution in [2.24, 2.45) is 17.1 Å². The van der Waals surface area contributed by atoms with Gasteiger partial charge >= 0.3 is 0 Å². The minimum atomic E-state index is 0.333. The Morgan fingerprint density at radius 3 is 2.29 bits per heavy atom. The standard InChI is InChI=1S/C12H27NO/c1-10(12(2,3)4)9-11(13)7-6-8-14-5/h10-11H,6-9,13H2,1-5H3. The van der Waals surface area contributed by atoms with E-state index in [0.717, 1.165) is 25.9 Å². The highest BCUT2D eigenvalue weighted by Crippen LogP contribution is 2.29. The fourth-order valence-corrected chi connectivity index (χ4v) is 1.42. The molecule has 0 amide bonds. The largest absolute Gasteiger partial charge is 0.385 e.